The summed E-state index contributed by atoms with van der Waals surface area (Å²) in [6, 6.07) is 0. The summed E-state index contributed by atoms with van der Waals surface area (Å²) in [6.45, 7) is 6.48. The second-order valence-corrected chi connectivity index (χ2v) is 6.21. The quantitative estimate of drug-likeness (QED) is 0.669. The highest BCUT2D eigenvalue weighted by atomic mass is 16.3. The highest BCUT2D eigenvalue weighted by Gasteiger charge is 2.35. The Balaban J connectivity index is 1.84. The molecule has 110 valence electrons. The summed E-state index contributed by atoms with van der Waals surface area (Å²) >= 11 is 0. The Hall–Kier alpha value is -0.650. The number of aliphatic hydroxyl groups excluding tert-OH is 1. The highest BCUT2D eigenvalue weighted by Crippen LogP contribution is 2.31. The van der Waals surface area contributed by atoms with Crippen molar-refractivity contribution in [2.45, 2.75) is 38.1 Å². The SMILES string of the molecule is CC1CCCC(CO)(NC(=O)CN2CCNCC2)C1. The minimum atomic E-state index is -0.372. The first-order valence-electron chi connectivity index (χ1n) is 7.48. The van der Waals surface area contributed by atoms with E-state index < -0.39 is 0 Å². The number of carbonyl (C=O) groups excluding carboxylic acids is 1. The van der Waals surface area contributed by atoms with Crippen molar-refractivity contribution in [3.05, 3.63) is 0 Å². The molecule has 0 aromatic heterocycles. The molecule has 2 rings (SSSR count). The number of amides is 1. The lowest BCUT2D eigenvalue weighted by molar-refractivity contribution is -0.125. The van der Waals surface area contributed by atoms with E-state index in [4.69, 9.17) is 0 Å². The number of carbonyl (C=O) groups is 1. The predicted octanol–water partition coefficient (Wildman–Crippen LogP) is -0.0510. The van der Waals surface area contributed by atoms with E-state index in [1.54, 1.807) is 0 Å². The minimum absolute atomic E-state index is 0.0602. The lowest BCUT2D eigenvalue weighted by atomic mass is 9.77. The standard InChI is InChI=1S/C14H27N3O2/c1-12-3-2-4-14(9-12,11-18)16-13(19)10-17-7-5-15-6-8-17/h12,15,18H,2-11H2,1H3,(H,16,19). The first-order valence-corrected chi connectivity index (χ1v) is 7.48. The molecule has 1 heterocycles. The summed E-state index contributed by atoms with van der Waals surface area (Å²) in [7, 11) is 0. The van der Waals surface area contributed by atoms with E-state index in [1.165, 1.54) is 6.42 Å². The van der Waals surface area contributed by atoms with Gasteiger partial charge in [0.1, 0.15) is 0 Å². The van der Waals surface area contributed by atoms with Gasteiger partial charge in [0.05, 0.1) is 18.7 Å². The Labute approximate surface area is 115 Å². The first-order chi connectivity index (χ1) is 9.13. The number of nitrogens with zero attached hydrogens (tertiary/aromatic N) is 1. The Morgan fingerprint density at radius 1 is 1.47 bits per heavy atom. The van der Waals surface area contributed by atoms with Crippen LogP contribution in [0.4, 0.5) is 0 Å². The van der Waals surface area contributed by atoms with E-state index in [9.17, 15) is 9.90 Å². The predicted molar refractivity (Wildman–Crippen MR) is 74.9 cm³/mol. The normalized spacial score (nSPS) is 33.1. The number of hydrogen-bond donors (Lipinski definition) is 3. The van der Waals surface area contributed by atoms with Crippen molar-refractivity contribution in [3.63, 3.8) is 0 Å². The summed E-state index contributed by atoms with van der Waals surface area (Å²) < 4.78 is 0. The maximum Gasteiger partial charge on any atom is 0.234 e. The van der Waals surface area contributed by atoms with Gasteiger partial charge in [0.2, 0.25) is 5.91 Å². The average molecular weight is 269 g/mol. The molecule has 1 saturated carbocycles. The zero-order valence-corrected chi connectivity index (χ0v) is 12.0. The van der Waals surface area contributed by atoms with Crippen molar-refractivity contribution >= 4 is 5.91 Å². The molecular weight excluding hydrogens is 242 g/mol. The molecule has 2 atom stereocenters. The molecular formula is C14H27N3O2. The maximum atomic E-state index is 12.2. The number of hydrogen-bond acceptors (Lipinski definition) is 4. The van der Waals surface area contributed by atoms with Gasteiger partial charge in [-0.1, -0.05) is 19.8 Å². The molecule has 1 aliphatic heterocycles. The van der Waals surface area contributed by atoms with Gasteiger partial charge in [-0.2, -0.15) is 0 Å². The van der Waals surface area contributed by atoms with E-state index in [-0.39, 0.29) is 18.1 Å². The van der Waals surface area contributed by atoms with Crippen molar-refractivity contribution < 1.29 is 9.90 Å². The highest BCUT2D eigenvalue weighted by molar-refractivity contribution is 5.79. The minimum Gasteiger partial charge on any atom is -0.394 e. The third-order valence-electron chi connectivity index (χ3n) is 4.38. The van der Waals surface area contributed by atoms with Gasteiger partial charge in [-0.15, -0.1) is 0 Å². The van der Waals surface area contributed by atoms with Crippen LogP contribution in [0.1, 0.15) is 32.6 Å². The summed E-state index contributed by atoms with van der Waals surface area (Å²) in [5.74, 6) is 0.644. The summed E-state index contributed by atoms with van der Waals surface area (Å²) in [5.41, 5.74) is -0.372. The van der Waals surface area contributed by atoms with Crippen LogP contribution in [-0.2, 0) is 4.79 Å². The van der Waals surface area contributed by atoms with E-state index in [0.717, 1.165) is 45.4 Å². The molecule has 0 radical (unpaired) electrons. The molecule has 1 aliphatic carbocycles. The van der Waals surface area contributed by atoms with Crippen molar-refractivity contribution in [3.8, 4) is 0 Å². The molecule has 2 unspecified atom stereocenters. The van der Waals surface area contributed by atoms with Crippen LogP contribution in [0.5, 0.6) is 0 Å². The fourth-order valence-electron chi connectivity index (χ4n) is 3.36. The van der Waals surface area contributed by atoms with Gasteiger partial charge in [0.25, 0.3) is 0 Å². The van der Waals surface area contributed by atoms with E-state index >= 15 is 0 Å². The molecule has 2 aliphatic rings. The van der Waals surface area contributed by atoms with E-state index in [1.807, 2.05) is 0 Å². The Morgan fingerprint density at radius 2 is 2.21 bits per heavy atom. The molecule has 5 heteroatoms. The molecule has 2 fully saturated rings. The van der Waals surface area contributed by atoms with Crippen LogP contribution < -0.4 is 10.6 Å². The molecule has 0 aromatic rings. The number of nitrogens with one attached hydrogen (secondary N) is 2. The summed E-state index contributed by atoms with van der Waals surface area (Å²) in [5, 5.41) is 16.1. The summed E-state index contributed by atoms with van der Waals surface area (Å²) in [4.78, 5) is 14.3. The van der Waals surface area contributed by atoms with Crippen LogP contribution in [0, 0.1) is 5.92 Å². The smallest absolute Gasteiger partial charge is 0.234 e. The molecule has 5 nitrogen and oxygen atoms in total. The van der Waals surface area contributed by atoms with Crippen LogP contribution in [0.2, 0.25) is 0 Å². The van der Waals surface area contributed by atoms with Crippen molar-refractivity contribution in [2.24, 2.45) is 5.92 Å². The second-order valence-electron chi connectivity index (χ2n) is 6.21. The first kappa shape index (κ1) is 14.8. The fraction of sp³-hybridized carbons (Fsp3) is 0.929. The third kappa shape index (κ3) is 4.16. The largest absolute Gasteiger partial charge is 0.394 e. The lowest BCUT2D eigenvalue weighted by Crippen LogP contribution is -2.57. The topological polar surface area (TPSA) is 64.6 Å². The summed E-state index contributed by atoms with van der Waals surface area (Å²) in [6.07, 6.45) is 4.10. The van der Waals surface area contributed by atoms with Crippen LogP contribution >= 0.6 is 0 Å². The van der Waals surface area contributed by atoms with E-state index in [0.29, 0.717) is 12.5 Å². The molecule has 0 spiro atoms. The van der Waals surface area contributed by atoms with Crippen molar-refractivity contribution in [1.29, 1.82) is 0 Å². The maximum absolute atomic E-state index is 12.2. The van der Waals surface area contributed by atoms with Crippen molar-refractivity contribution in [1.82, 2.24) is 15.5 Å². The monoisotopic (exact) mass is 269 g/mol. The van der Waals surface area contributed by atoms with Gasteiger partial charge < -0.3 is 15.7 Å². The van der Waals surface area contributed by atoms with Crippen LogP contribution in [0.3, 0.4) is 0 Å². The Kier molecular flexibility index (Phi) is 5.19. The van der Waals surface area contributed by atoms with E-state index in [2.05, 4.69) is 22.5 Å². The zero-order valence-electron chi connectivity index (χ0n) is 12.0. The van der Waals surface area contributed by atoms with Crippen LogP contribution in [0.15, 0.2) is 0 Å². The molecule has 19 heavy (non-hydrogen) atoms. The molecule has 1 amide bonds. The van der Waals surface area contributed by atoms with Gasteiger partial charge in [0, 0.05) is 26.2 Å². The number of rotatable bonds is 4. The van der Waals surface area contributed by atoms with Crippen LogP contribution in [-0.4, -0.2) is 60.8 Å². The van der Waals surface area contributed by atoms with Gasteiger partial charge in [-0.25, -0.2) is 0 Å². The molecule has 0 aromatic carbocycles. The number of piperazine rings is 1. The zero-order chi connectivity index (χ0) is 13.7. The molecule has 3 N–H and O–H groups in total. The van der Waals surface area contributed by atoms with Gasteiger partial charge >= 0.3 is 0 Å². The Morgan fingerprint density at radius 3 is 2.84 bits per heavy atom. The van der Waals surface area contributed by atoms with Gasteiger partial charge in [-0.05, 0) is 18.8 Å². The van der Waals surface area contributed by atoms with Gasteiger partial charge in [0.15, 0.2) is 0 Å². The number of aliphatic hydroxyl groups is 1. The average Bonchev–Trinajstić information content (AvgIpc) is 2.39. The van der Waals surface area contributed by atoms with Crippen molar-refractivity contribution in [2.75, 3.05) is 39.3 Å². The second kappa shape index (κ2) is 6.68. The molecule has 1 saturated heterocycles. The molecule has 0 bridgehead atoms. The van der Waals surface area contributed by atoms with Gasteiger partial charge in [-0.3, -0.25) is 9.69 Å². The fourth-order valence-corrected chi connectivity index (χ4v) is 3.36. The Bertz CT molecular complexity index is 305. The third-order valence-corrected chi connectivity index (χ3v) is 4.38. The van der Waals surface area contributed by atoms with Crippen LogP contribution in [0.25, 0.3) is 0 Å². The lowest BCUT2D eigenvalue weighted by Gasteiger charge is -2.40.